The van der Waals surface area contributed by atoms with E-state index in [4.69, 9.17) is 9.47 Å². The number of anilines is 1. The van der Waals surface area contributed by atoms with Gasteiger partial charge in [-0.2, -0.15) is 0 Å². The fourth-order valence-corrected chi connectivity index (χ4v) is 8.28. The number of ether oxygens (including phenoxy) is 2. The van der Waals surface area contributed by atoms with E-state index in [1.807, 2.05) is 21.0 Å². The largest absolute Gasteiger partial charge is 0.451 e. The molecule has 2 fully saturated rings. The van der Waals surface area contributed by atoms with Crippen LogP contribution in [0.5, 0.6) is 0 Å². The lowest BCUT2D eigenvalue weighted by Gasteiger charge is -2.55. The van der Waals surface area contributed by atoms with Crippen LogP contribution in [-0.4, -0.2) is 55.6 Å². The topological polar surface area (TPSA) is 88.4 Å². The molecule has 1 N–H and O–H groups in total. The summed E-state index contributed by atoms with van der Waals surface area (Å²) in [5.41, 5.74) is 5.61. The van der Waals surface area contributed by atoms with Gasteiger partial charge >= 0.3 is 5.97 Å². The number of Topliss-reactive ketones (excluding diaryl/α,β-unsaturated/α-hetero) is 1. The molecule has 1 aromatic carbocycles. The SMILES string of the molecule is CCOCC(=O)[C@@]1(OC(C)=O)CCC2C3CCC4=C/C(=N\O)CCC4=C3C(c3ccc(N(C)C)cc3)C[C@@]21C. The number of ketones is 1. The Morgan fingerprint density at radius 2 is 1.87 bits per heavy atom. The summed E-state index contributed by atoms with van der Waals surface area (Å²) in [5, 5.41) is 13.0. The number of hydrogen-bond donors (Lipinski definition) is 1. The van der Waals surface area contributed by atoms with E-state index in [1.54, 1.807) is 0 Å². The Kier molecular flexibility index (Phi) is 7.49. The lowest BCUT2D eigenvalue weighted by atomic mass is 9.50. The third-order valence-electron chi connectivity index (χ3n) is 10.0. The number of esters is 1. The highest BCUT2D eigenvalue weighted by atomic mass is 16.6. The van der Waals surface area contributed by atoms with Gasteiger partial charge in [-0.05, 0) is 98.6 Å². The first-order valence-corrected chi connectivity index (χ1v) is 14.4. The van der Waals surface area contributed by atoms with Crippen molar-refractivity contribution in [1.82, 2.24) is 0 Å². The molecule has 1 aromatic rings. The second-order valence-corrected chi connectivity index (χ2v) is 12.1. The molecule has 4 aliphatic rings. The van der Waals surface area contributed by atoms with Gasteiger partial charge < -0.3 is 19.6 Å². The van der Waals surface area contributed by atoms with Gasteiger partial charge in [-0.1, -0.05) is 29.8 Å². The van der Waals surface area contributed by atoms with E-state index in [-0.39, 0.29) is 24.2 Å². The van der Waals surface area contributed by atoms with E-state index in [1.165, 1.54) is 29.2 Å². The van der Waals surface area contributed by atoms with Crippen molar-refractivity contribution in [2.24, 2.45) is 22.4 Å². The average molecular weight is 535 g/mol. The molecule has 5 rings (SSSR count). The minimum atomic E-state index is -1.18. The minimum absolute atomic E-state index is 0.0386. The molecule has 0 heterocycles. The van der Waals surface area contributed by atoms with Gasteiger partial charge in [0.15, 0.2) is 5.60 Å². The fraction of sp³-hybridized carbons (Fsp3) is 0.594. The number of carbonyl (C=O) groups excluding carboxylic acids is 2. The van der Waals surface area contributed by atoms with E-state index in [0.717, 1.165) is 49.9 Å². The highest BCUT2D eigenvalue weighted by Gasteiger charge is 2.68. The van der Waals surface area contributed by atoms with Crippen LogP contribution in [0, 0.1) is 17.3 Å². The molecule has 0 spiro atoms. The van der Waals surface area contributed by atoms with Crippen LogP contribution in [0.2, 0.25) is 0 Å². The lowest BCUT2D eigenvalue weighted by Crippen LogP contribution is -2.58. The van der Waals surface area contributed by atoms with Gasteiger partial charge in [0.05, 0.1) is 5.71 Å². The summed E-state index contributed by atoms with van der Waals surface area (Å²) < 4.78 is 11.7. The van der Waals surface area contributed by atoms with Gasteiger partial charge in [0.2, 0.25) is 5.78 Å². The summed E-state index contributed by atoms with van der Waals surface area (Å²) in [6.45, 7) is 5.89. The van der Waals surface area contributed by atoms with Crippen LogP contribution in [0.4, 0.5) is 5.69 Å². The second kappa shape index (κ2) is 10.6. The standard InChI is InChI=1S/C32H42N2O5/c1-6-38-19-29(36)32(39-20(2)35)16-15-28-26-13-9-22-17-23(33-37)10-14-25(22)30(26)27(18-31(28,32)3)21-7-11-24(12-8-21)34(4)5/h7-8,11-12,17,26-28,37H,6,9-10,13-16,18-19H2,1-5H3/b33-23-/t26?,27?,28?,31-,32-/m0/s1. The predicted octanol–water partition coefficient (Wildman–Crippen LogP) is 5.82. The molecule has 210 valence electrons. The van der Waals surface area contributed by atoms with Gasteiger partial charge in [0, 0.05) is 44.6 Å². The number of fused-ring (bicyclic) bond motifs is 4. The van der Waals surface area contributed by atoms with Crippen molar-refractivity contribution in [3.05, 3.63) is 52.6 Å². The van der Waals surface area contributed by atoms with Crippen LogP contribution in [-0.2, 0) is 19.1 Å². The number of carbonyl (C=O) groups is 2. The molecular formula is C32H42N2O5. The first-order chi connectivity index (χ1) is 18.6. The summed E-state index contributed by atoms with van der Waals surface area (Å²) in [7, 11) is 4.08. The van der Waals surface area contributed by atoms with Crippen LogP contribution >= 0.6 is 0 Å². The van der Waals surface area contributed by atoms with Gasteiger partial charge in [0.1, 0.15) is 6.61 Å². The smallest absolute Gasteiger partial charge is 0.303 e. The van der Waals surface area contributed by atoms with Crippen molar-refractivity contribution in [1.29, 1.82) is 0 Å². The van der Waals surface area contributed by atoms with Crippen molar-refractivity contribution in [2.75, 3.05) is 32.2 Å². The van der Waals surface area contributed by atoms with Crippen molar-refractivity contribution >= 4 is 23.2 Å². The zero-order valence-electron chi connectivity index (χ0n) is 24.0. The summed E-state index contributed by atoms with van der Waals surface area (Å²) in [5.74, 6) is 0.123. The maximum absolute atomic E-state index is 13.9. The quantitative estimate of drug-likeness (QED) is 0.269. The third-order valence-corrected chi connectivity index (χ3v) is 10.0. The second-order valence-electron chi connectivity index (χ2n) is 12.1. The molecular weight excluding hydrogens is 492 g/mol. The highest BCUT2D eigenvalue weighted by molar-refractivity contribution is 5.97. The first-order valence-electron chi connectivity index (χ1n) is 14.4. The molecule has 0 amide bonds. The molecule has 5 atom stereocenters. The molecule has 3 unspecified atom stereocenters. The van der Waals surface area contributed by atoms with Gasteiger partial charge in [-0.25, -0.2) is 0 Å². The summed E-state index contributed by atoms with van der Waals surface area (Å²) >= 11 is 0. The van der Waals surface area contributed by atoms with Crippen molar-refractivity contribution in [3.8, 4) is 0 Å². The van der Waals surface area contributed by atoms with Gasteiger partial charge in [-0.15, -0.1) is 0 Å². The average Bonchev–Trinajstić information content (AvgIpc) is 3.22. The van der Waals surface area contributed by atoms with E-state index < -0.39 is 17.0 Å². The van der Waals surface area contributed by atoms with Crippen molar-refractivity contribution < 1.29 is 24.3 Å². The third kappa shape index (κ3) is 4.52. The monoisotopic (exact) mass is 534 g/mol. The number of oxime groups is 1. The molecule has 0 saturated heterocycles. The molecule has 0 aliphatic heterocycles. The molecule has 7 heteroatoms. The molecule has 0 bridgehead atoms. The Balaban J connectivity index is 1.66. The Labute approximate surface area is 231 Å². The van der Waals surface area contributed by atoms with Crippen LogP contribution < -0.4 is 4.90 Å². The van der Waals surface area contributed by atoms with E-state index in [0.29, 0.717) is 18.9 Å². The lowest BCUT2D eigenvalue weighted by molar-refractivity contribution is -0.185. The number of benzene rings is 1. The van der Waals surface area contributed by atoms with Crippen LogP contribution in [0.15, 0.2) is 52.2 Å². The van der Waals surface area contributed by atoms with E-state index >= 15 is 0 Å². The molecule has 39 heavy (non-hydrogen) atoms. The first kappa shape index (κ1) is 27.6. The number of rotatable bonds is 7. The maximum Gasteiger partial charge on any atom is 0.303 e. The predicted molar refractivity (Wildman–Crippen MR) is 151 cm³/mol. The maximum atomic E-state index is 13.9. The Morgan fingerprint density at radius 3 is 2.51 bits per heavy atom. The van der Waals surface area contributed by atoms with Crippen LogP contribution in [0.1, 0.15) is 77.2 Å². The van der Waals surface area contributed by atoms with Gasteiger partial charge in [0.25, 0.3) is 0 Å². The normalized spacial score (nSPS) is 32.7. The fourth-order valence-electron chi connectivity index (χ4n) is 8.28. The summed E-state index contributed by atoms with van der Waals surface area (Å²) in [6, 6.07) is 8.77. The summed E-state index contributed by atoms with van der Waals surface area (Å²) in [6.07, 6.45) is 7.68. The Hall–Kier alpha value is -2.93. The molecule has 7 nitrogen and oxygen atoms in total. The Bertz CT molecular complexity index is 1230. The zero-order chi connectivity index (χ0) is 27.9. The van der Waals surface area contributed by atoms with Crippen LogP contribution in [0.3, 0.4) is 0 Å². The zero-order valence-corrected chi connectivity index (χ0v) is 24.0. The number of allylic oxidation sites excluding steroid dienone is 4. The van der Waals surface area contributed by atoms with Crippen LogP contribution in [0.25, 0.3) is 0 Å². The highest BCUT2D eigenvalue weighted by Crippen LogP contribution is 2.67. The molecule has 4 aliphatic carbocycles. The molecule has 0 aromatic heterocycles. The minimum Gasteiger partial charge on any atom is -0.451 e. The Morgan fingerprint density at radius 1 is 1.13 bits per heavy atom. The number of nitrogens with zero attached hydrogens (tertiary/aromatic N) is 2. The summed E-state index contributed by atoms with van der Waals surface area (Å²) in [4.78, 5) is 28.5. The molecule has 2 saturated carbocycles. The van der Waals surface area contributed by atoms with Gasteiger partial charge in [-0.3, -0.25) is 9.59 Å². The van der Waals surface area contributed by atoms with E-state index in [9.17, 15) is 14.8 Å². The number of hydrogen-bond acceptors (Lipinski definition) is 7. The van der Waals surface area contributed by atoms with Crippen molar-refractivity contribution in [2.45, 2.75) is 77.2 Å². The molecule has 0 radical (unpaired) electrons. The van der Waals surface area contributed by atoms with Crippen molar-refractivity contribution in [3.63, 3.8) is 0 Å². The van der Waals surface area contributed by atoms with E-state index in [2.05, 4.69) is 47.3 Å².